The Labute approximate surface area is 148 Å². The number of nitrogens with zero attached hydrogens (tertiary/aromatic N) is 4. The predicted molar refractivity (Wildman–Crippen MR) is 99.7 cm³/mol. The van der Waals surface area contributed by atoms with Crippen LogP contribution in [0.5, 0.6) is 0 Å². The molecule has 124 valence electrons. The molecule has 0 unspecified atom stereocenters. The van der Waals surface area contributed by atoms with Crippen LogP contribution >= 0.6 is 0 Å². The van der Waals surface area contributed by atoms with Gasteiger partial charge in [0.25, 0.3) is 0 Å². The van der Waals surface area contributed by atoms with Gasteiger partial charge in [-0.25, -0.2) is 9.97 Å². The molecule has 2 aromatic carbocycles. The number of hydrogen-bond donors (Lipinski definition) is 0. The summed E-state index contributed by atoms with van der Waals surface area (Å²) in [6.07, 6.45) is 1.88. The first-order valence-corrected chi connectivity index (χ1v) is 8.24. The largest absolute Gasteiger partial charge is 0.288 e. The van der Waals surface area contributed by atoms with Gasteiger partial charge in [0.15, 0.2) is 0 Å². The van der Waals surface area contributed by atoms with Crippen molar-refractivity contribution < 1.29 is 0 Å². The third-order valence-electron chi connectivity index (χ3n) is 4.05. The number of hydrogen-bond acceptors (Lipinski definition) is 4. The zero-order valence-electron chi connectivity index (χ0n) is 14.3. The number of benzene rings is 2. The van der Waals surface area contributed by atoms with Crippen LogP contribution < -0.4 is 0 Å². The first-order valence-electron chi connectivity index (χ1n) is 8.24. The molecule has 0 atom stereocenters. The van der Waals surface area contributed by atoms with Crippen LogP contribution in [0, 0.1) is 18.3 Å². The summed E-state index contributed by atoms with van der Waals surface area (Å²) < 4.78 is 0. The summed E-state index contributed by atoms with van der Waals surface area (Å²) in [6.45, 7) is 7.95. The van der Waals surface area contributed by atoms with Gasteiger partial charge in [-0.3, -0.25) is 4.90 Å². The highest BCUT2D eigenvalue weighted by molar-refractivity contribution is 5.80. The van der Waals surface area contributed by atoms with Gasteiger partial charge >= 0.3 is 0 Å². The van der Waals surface area contributed by atoms with E-state index >= 15 is 0 Å². The number of rotatable bonds is 6. The third kappa shape index (κ3) is 4.09. The lowest BCUT2D eigenvalue weighted by molar-refractivity contribution is 0.279. The van der Waals surface area contributed by atoms with Crippen molar-refractivity contribution in [3.8, 4) is 6.07 Å². The second-order valence-corrected chi connectivity index (χ2v) is 6.01. The summed E-state index contributed by atoms with van der Waals surface area (Å²) in [5.74, 6) is 0.800. The van der Waals surface area contributed by atoms with E-state index in [-0.39, 0.29) is 0 Å². The van der Waals surface area contributed by atoms with Crippen LogP contribution in [0.15, 0.2) is 61.2 Å². The maximum absolute atomic E-state index is 9.07. The molecule has 4 nitrogen and oxygen atoms in total. The van der Waals surface area contributed by atoms with Gasteiger partial charge in [-0.1, -0.05) is 36.4 Å². The lowest BCUT2D eigenvalue weighted by Gasteiger charge is -2.20. The molecule has 0 aliphatic rings. The van der Waals surface area contributed by atoms with Crippen molar-refractivity contribution in [1.29, 1.82) is 5.26 Å². The molecule has 0 amide bonds. The number of fused-ring (bicyclic) bond motifs is 1. The molecule has 0 N–H and O–H groups in total. The SMILES string of the molecule is C=CCN(Cc1cccc(C#N)c1)Cc1nc(C)c2ccccc2n1. The lowest BCUT2D eigenvalue weighted by atomic mass is 10.1. The van der Waals surface area contributed by atoms with Crippen LogP contribution in [0.2, 0.25) is 0 Å². The van der Waals surface area contributed by atoms with Crippen molar-refractivity contribution in [2.75, 3.05) is 6.54 Å². The number of aromatic nitrogens is 2. The van der Waals surface area contributed by atoms with Gasteiger partial charge in [0.2, 0.25) is 0 Å². The predicted octanol–water partition coefficient (Wildman–Crippen LogP) is 4.00. The molecule has 3 rings (SSSR count). The smallest absolute Gasteiger partial charge is 0.143 e. The van der Waals surface area contributed by atoms with E-state index in [0.29, 0.717) is 12.1 Å². The van der Waals surface area contributed by atoms with Crippen LogP contribution in [0.4, 0.5) is 0 Å². The third-order valence-corrected chi connectivity index (χ3v) is 4.05. The fourth-order valence-corrected chi connectivity index (χ4v) is 2.93. The minimum absolute atomic E-state index is 0.633. The normalized spacial score (nSPS) is 10.8. The van der Waals surface area contributed by atoms with Gasteiger partial charge in [0.05, 0.1) is 23.7 Å². The average Bonchev–Trinajstić information content (AvgIpc) is 2.62. The van der Waals surface area contributed by atoms with Crippen LogP contribution in [0.3, 0.4) is 0 Å². The molecule has 25 heavy (non-hydrogen) atoms. The fraction of sp³-hybridized carbons (Fsp3) is 0.190. The number of aryl methyl sites for hydroxylation is 1. The Balaban J connectivity index is 1.84. The summed E-state index contributed by atoms with van der Waals surface area (Å²) >= 11 is 0. The average molecular weight is 328 g/mol. The van der Waals surface area contributed by atoms with Gasteiger partial charge in [-0.05, 0) is 30.7 Å². The van der Waals surface area contributed by atoms with E-state index in [9.17, 15) is 0 Å². The van der Waals surface area contributed by atoms with E-state index in [4.69, 9.17) is 10.2 Å². The Kier molecular flexibility index (Phi) is 5.17. The molecule has 1 aromatic heterocycles. The van der Waals surface area contributed by atoms with E-state index < -0.39 is 0 Å². The van der Waals surface area contributed by atoms with Crippen LogP contribution in [-0.4, -0.2) is 21.4 Å². The van der Waals surface area contributed by atoms with E-state index in [1.807, 2.05) is 61.5 Å². The van der Waals surface area contributed by atoms with E-state index in [1.165, 1.54) is 0 Å². The first kappa shape index (κ1) is 16.8. The second kappa shape index (κ2) is 7.69. The Morgan fingerprint density at radius 3 is 2.76 bits per heavy atom. The highest BCUT2D eigenvalue weighted by Gasteiger charge is 2.10. The van der Waals surface area contributed by atoms with E-state index in [0.717, 1.165) is 41.1 Å². The monoisotopic (exact) mass is 328 g/mol. The van der Waals surface area contributed by atoms with Crippen molar-refractivity contribution in [2.45, 2.75) is 20.0 Å². The summed E-state index contributed by atoms with van der Waals surface area (Å²) in [7, 11) is 0. The molecule has 3 aromatic rings. The molecule has 0 bridgehead atoms. The molecule has 1 heterocycles. The molecule has 0 aliphatic heterocycles. The second-order valence-electron chi connectivity index (χ2n) is 6.01. The van der Waals surface area contributed by atoms with Gasteiger partial charge in [0, 0.05) is 24.2 Å². The van der Waals surface area contributed by atoms with Gasteiger partial charge in [-0.2, -0.15) is 5.26 Å². The summed E-state index contributed by atoms with van der Waals surface area (Å²) in [6, 6.07) is 17.9. The summed E-state index contributed by atoms with van der Waals surface area (Å²) in [5.41, 5.74) is 3.73. The molecule has 0 spiro atoms. The van der Waals surface area contributed by atoms with Crippen molar-refractivity contribution in [3.05, 3.63) is 83.8 Å². The Morgan fingerprint density at radius 1 is 1.12 bits per heavy atom. The minimum atomic E-state index is 0.633. The minimum Gasteiger partial charge on any atom is -0.288 e. The quantitative estimate of drug-likeness (QED) is 0.642. The Hall–Kier alpha value is -3.03. The molecule has 4 heteroatoms. The van der Waals surface area contributed by atoms with E-state index in [2.05, 4.69) is 22.5 Å². The molecule has 0 saturated carbocycles. The summed E-state index contributed by atoms with van der Waals surface area (Å²) in [5, 5.41) is 10.2. The topological polar surface area (TPSA) is 52.8 Å². The maximum atomic E-state index is 9.07. The van der Waals surface area contributed by atoms with Crippen molar-refractivity contribution >= 4 is 10.9 Å². The molecular weight excluding hydrogens is 308 g/mol. The molecule has 0 radical (unpaired) electrons. The molecule has 0 aliphatic carbocycles. The van der Waals surface area contributed by atoms with Crippen LogP contribution in [0.1, 0.15) is 22.6 Å². The highest BCUT2D eigenvalue weighted by Crippen LogP contribution is 2.16. The Bertz CT molecular complexity index is 940. The summed E-state index contributed by atoms with van der Waals surface area (Å²) in [4.78, 5) is 11.6. The van der Waals surface area contributed by atoms with Crippen molar-refractivity contribution in [2.24, 2.45) is 0 Å². The van der Waals surface area contributed by atoms with Crippen LogP contribution in [0.25, 0.3) is 10.9 Å². The molecular formula is C21H20N4. The lowest BCUT2D eigenvalue weighted by Crippen LogP contribution is -2.24. The zero-order chi connectivity index (χ0) is 17.6. The zero-order valence-corrected chi connectivity index (χ0v) is 14.3. The highest BCUT2D eigenvalue weighted by atomic mass is 15.1. The number of nitriles is 1. The van der Waals surface area contributed by atoms with Crippen LogP contribution in [-0.2, 0) is 13.1 Å². The van der Waals surface area contributed by atoms with E-state index in [1.54, 1.807) is 0 Å². The molecule has 0 fully saturated rings. The van der Waals surface area contributed by atoms with Crippen molar-refractivity contribution in [3.63, 3.8) is 0 Å². The van der Waals surface area contributed by atoms with Gasteiger partial charge < -0.3 is 0 Å². The van der Waals surface area contributed by atoms with Gasteiger partial charge in [-0.15, -0.1) is 6.58 Å². The maximum Gasteiger partial charge on any atom is 0.143 e. The first-order chi connectivity index (χ1) is 12.2. The fourth-order valence-electron chi connectivity index (χ4n) is 2.93. The Morgan fingerprint density at radius 2 is 1.96 bits per heavy atom. The van der Waals surface area contributed by atoms with Crippen molar-refractivity contribution in [1.82, 2.24) is 14.9 Å². The number of para-hydroxylation sites is 1. The van der Waals surface area contributed by atoms with Gasteiger partial charge in [0.1, 0.15) is 5.82 Å². The molecule has 0 saturated heterocycles. The standard InChI is InChI=1S/C21H20N4/c1-3-11-25(14-18-8-6-7-17(12-18)13-22)15-21-23-16(2)19-9-4-5-10-20(19)24-21/h3-10,12H,1,11,14-15H2,2H3.